The van der Waals surface area contributed by atoms with Crippen LogP contribution in [0.5, 0.6) is 0 Å². The fourth-order valence-electron chi connectivity index (χ4n) is 2.88. The fourth-order valence-corrected chi connectivity index (χ4v) is 3.95. The summed E-state index contributed by atoms with van der Waals surface area (Å²) in [5, 5.41) is 0. The fraction of sp³-hybridized carbons (Fsp3) is 0.647. The van der Waals surface area contributed by atoms with Crippen LogP contribution in [0.2, 0.25) is 0 Å². The number of aryl methyl sites for hydroxylation is 2. The number of hydrogen-bond acceptors (Lipinski definition) is 4. The first-order chi connectivity index (χ1) is 11.1. The van der Waals surface area contributed by atoms with Gasteiger partial charge in [0, 0.05) is 13.1 Å². The van der Waals surface area contributed by atoms with Crippen molar-refractivity contribution in [2.45, 2.75) is 38.0 Å². The smallest absolute Gasteiger partial charge is 0.240 e. The number of fused-ring (bicyclic) bond motifs is 1. The van der Waals surface area contributed by atoms with Gasteiger partial charge in [0.15, 0.2) is 0 Å². The molecule has 0 aliphatic heterocycles. The van der Waals surface area contributed by atoms with Gasteiger partial charge in [-0.15, -0.1) is 0 Å². The van der Waals surface area contributed by atoms with Crippen molar-refractivity contribution in [3.63, 3.8) is 0 Å². The summed E-state index contributed by atoms with van der Waals surface area (Å²) in [5.41, 5.74) is 2.45. The molecule has 23 heavy (non-hydrogen) atoms. The van der Waals surface area contributed by atoms with E-state index < -0.39 is 10.0 Å². The normalized spacial score (nSPS) is 14.4. The van der Waals surface area contributed by atoms with Gasteiger partial charge >= 0.3 is 0 Å². The quantitative estimate of drug-likeness (QED) is 0.660. The van der Waals surface area contributed by atoms with Crippen LogP contribution in [-0.2, 0) is 27.6 Å². The monoisotopic (exact) mass is 340 g/mol. The third-order valence-corrected chi connectivity index (χ3v) is 5.82. The highest BCUT2D eigenvalue weighted by Gasteiger charge is 2.17. The third-order valence-electron chi connectivity index (χ3n) is 4.37. The Kier molecular flexibility index (Phi) is 7.02. The van der Waals surface area contributed by atoms with Crippen molar-refractivity contribution in [3.05, 3.63) is 29.3 Å². The Morgan fingerprint density at radius 2 is 1.87 bits per heavy atom. The first-order valence-corrected chi connectivity index (χ1v) is 9.96. The molecule has 0 heterocycles. The summed E-state index contributed by atoms with van der Waals surface area (Å²) < 4.78 is 32.7. The molecule has 1 aliphatic carbocycles. The lowest BCUT2D eigenvalue weighted by atomic mass is 10.1. The minimum atomic E-state index is -3.44. The van der Waals surface area contributed by atoms with E-state index in [0.717, 1.165) is 38.9 Å². The van der Waals surface area contributed by atoms with Gasteiger partial charge < -0.3 is 9.64 Å². The molecule has 5 nitrogen and oxygen atoms in total. The van der Waals surface area contributed by atoms with Crippen LogP contribution in [0.4, 0.5) is 0 Å². The maximum Gasteiger partial charge on any atom is 0.240 e. The Bertz CT molecular complexity index is 598. The van der Waals surface area contributed by atoms with Gasteiger partial charge in [-0.05, 0) is 55.6 Å². The number of ether oxygens (including phenoxy) is 1. The van der Waals surface area contributed by atoms with Crippen molar-refractivity contribution in [2.24, 2.45) is 0 Å². The number of nitrogens with one attached hydrogen (secondary N) is 1. The summed E-state index contributed by atoms with van der Waals surface area (Å²) in [6, 6.07) is 5.46. The number of likely N-dealkylation sites (N-methyl/N-ethyl adjacent to an activating group) is 1. The molecule has 1 aromatic carbocycles. The van der Waals surface area contributed by atoms with Crippen LogP contribution in [0.3, 0.4) is 0 Å². The molecule has 2 rings (SSSR count). The number of hydrogen-bond donors (Lipinski definition) is 1. The van der Waals surface area contributed by atoms with Crippen molar-refractivity contribution < 1.29 is 13.2 Å². The van der Waals surface area contributed by atoms with Gasteiger partial charge in [-0.1, -0.05) is 19.9 Å². The van der Waals surface area contributed by atoms with Crippen LogP contribution in [-0.4, -0.2) is 52.7 Å². The van der Waals surface area contributed by atoms with Gasteiger partial charge in [0.05, 0.1) is 18.1 Å². The summed E-state index contributed by atoms with van der Waals surface area (Å²) in [6.45, 7) is 8.45. The average Bonchev–Trinajstić information content (AvgIpc) is 3.02. The zero-order valence-corrected chi connectivity index (χ0v) is 15.0. The lowest BCUT2D eigenvalue weighted by Gasteiger charge is -2.17. The second kappa shape index (κ2) is 8.78. The van der Waals surface area contributed by atoms with E-state index in [1.54, 1.807) is 6.07 Å². The molecular formula is C17H28N2O3S. The highest BCUT2D eigenvalue weighted by atomic mass is 32.2. The van der Waals surface area contributed by atoms with Crippen LogP contribution < -0.4 is 4.72 Å². The van der Waals surface area contributed by atoms with E-state index in [0.29, 0.717) is 24.7 Å². The van der Waals surface area contributed by atoms with Crippen LogP contribution in [0, 0.1) is 0 Å². The van der Waals surface area contributed by atoms with Crippen LogP contribution in [0.15, 0.2) is 23.1 Å². The summed E-state index contributed by atoms with van der Waals surface area (Å²) >= 11 is 0. The zero-order valence-electron chi connectivity index (χ0n) is 14.2. The van der Waals surface area contributed by atoms with Crippen molar-refractivity contribution in [1.29, 1.82) is 0 Å². The van der Waals surface area contributed by atoms with Gasteiger partial charge in [0.1, 0.15) is 0 Å². The molecule has 0 bridgehead atoms. The second-order valence-electron chi connectivity index (χ2n) is 5.82. The molecule has 130 valence electrons. The first-order valence-electron chi connectivity index (χ1n) is 8.48. The van der Waals surface area contributed by atoms with Crippen molar-refractivity contribution in [3.8, 4) is 0 Å². The minimum absolute atomic E-state index is 0.303. The average molecular weight is 340 g/mol. The van der Waals surface area contributed by atoms with Gasteiger partial charge in [-0.3, -0.25) is 0 Å². The van der Waals surface area contributed by atoms with Gasteiger partial charge in [-0.2, -0.15) is 0 Å². The lowest BCUT2D eigenvalue weighted by Crippen LogP contribution is -2.30. The number of rotatable bonds is 10. The Hall–Kier alpha value is -0.950. The highest BCUT2D eigenvalue weighted by Crippen LogP contribution is 2.24. The number of nitrogens with zero attached hydrogens (tertiary/aromatic N) is 1. The molecule has 6 heteroatoms. The molecule has 0 unspecified atom stereocenters. The van der Waals surface area contributed by atoms with Gasteiger partial charge in [0.25, 0.3) is 0 Å². The van der Waals surface area contributed by atoms with E-state index in [4.69, 9.17) is 4.74 Å². The predicted molar refractivity (Wildman–Crippen MR) is 92.3 cm³/mol. The second-order valence-corrected chi connectivity index (χ2v) is 7.59. The SMILES string of the molecule is CCN(CC)CCOCCNS(=O)(=O)c1ccc2c(c1)CCC2. The lowest BCUT2D eigenvalue weighted by molar-refractivity contribution is 0.111. The Morgan fingerprint density at radius 3 is 2.61 bits per heavy atom. The molecule has 1 aliphatic rings. The molecular weight excluding hydrogens is 312 g/mol. The van der Waals surface area contributed by atoms with E-state index in [-0.39, 0.29) is 0 Å². The van der Waals surface area contributed by atoms with Crippen LogP contribution in [0.25, 0.3) is 0 Å². The molecule has 0 amide bonds. The minimum Gasteiger partial charge on any atom is -0.379 e. The first kappa shape index (κ1) is 18.4. The molecule has 0 saturated heterocycles. The summed E-state index contributed by atoms with van der Waals surface area (Å²) in [5.74, 6) is 0. The standard InChI is InChI=1S/C17H28N2O3S/c1-3-19(4-2)11-13-22-12-10-18-23(20,21)17-9-8-15-6-5-7-16(15)14-17/h8-9,14,18H,3-7,10-13H2,1-2H3. The molecule has 1 N–H and O–H groups in total. The Morgan fingerprint density at radius 1 is 1.13 bits per heavy atom. The molecule has 0 spiro atoms. The van der Waals surface area contributed by atoms with Crippen LogP contribution in [0.1, 0.15) is 31.4 Å². The molecule has 0 saturated carbocycles. The van der Waals surface area contributed by atoms with Crippen molar-refractivity contribution >= 4 is 10.0 Å². The zero-order chi connectivity index (χ0) is 16.7. The summed E-state index contributed by atoms with van der Waals surface area (Å²) in [4.78, 5) is 2.63. The van der Waals surface area contributed by atoms with E-state index in [1.165, 1.54) is 11.1 Å². The van der Waals surface area contributed by atoms with Gasteiger partial charge in [0.2, 0.25) is 10.0 Å². The number of benzene rings is 1. The molecule has 0 fully saturated rings. The third kappa shape index (κ3) is 5.28. The maximum atomic E-state index is 12.3. The van der Waals surface area contributed by atoms with Gasteiger partial charge in [-0.25, -0.2) is 13.1 Å². The van der Waals surface area contributed by atoms with E-state index in [1.807, 2.05) is 12.1 Å². The number of sulfonamides is 1. The molecule has 1 aromatic rings. The maximum absolute atomic E-state index is 12.3. The van der Waals surface area contributed by atoms with E-state index >= 15 is 0 Å². The molecule has 0 aromatic heterocycles. The van der Waals surface area contributed by atoms with E-state index in [2.05, 4.69) is 23.5 Å². The molecule has 0 radical (unpaired) electrons. The Labute approximate surface area is 140 Å². The largest absolute Gasteiger partial charge is 0.379 e. The van der Waals surface area contributed by atoms with E-state index in [9.17, 15) is 8.42 Å². The topological polar surface area (TPSA) is 58.6 Å². The Balaban J connectivity index is 1.74. The molecule has 0 atom stereocenters. The predicted octanol–water partition coefficient (Wildman–Crippen LogP) is 1.81. The summed E-state index contributed by atoms with van der Waals surface area (Å²) in [6.07, 6.45) is 3.16. The van der Waals surface area contributed by atoms with Crippen molar-refractivity contribution in [1.82, 2.24) is 9.62 Å². The van der Waals surface area contributed by atoms with Crippen LogP contribution >= 0.6 is 0 Å². The highest BCUT2D eigenvalue weighted by molar-refractivity contribution is 7.89. The van der Waals surface area contributed by atoms with Crippen molar-refractivity contribution in [2.75, 3.05) is 39.4 Å². The summed E-state index contributed by atoms with van der Waals surface area (Å²) in [7, 11) is -3.44.